The predicted octanol–water partition coefficient (Wildman–Crippen LogP) is 3.99. The second-order valence-electron chi connectivity index (χ2n) is 4.93. The average Bonchev–Trinajstić information content (AvgIpc) is 2.54. The molecule has 0 aliphatic heterocycles. The number of methoxy groups -OCH3 is 2. The van der Waals surface area contributed by atoms with Crippen LogP contribution >= 0.6 is 11.6 Å². The summed E-state index contributed by atoms with van der Waals surface area (Å²) in [5, 5.41) is 3.22. The first-order chi connectivity index (χ1) is 11.0. The number of rotatable bonds is 5. The summed E-state index contributed by atoms with van der Waals surface area (Å²) in [7, 11) is 2.87. The van der Waals surface area contributed by atoms with E-state index in [0.29, 0.717) is 21.9 Å². The Labute approximate surface area is 139 Å². The van der Waals surface area contributed by atoms with Gasteiger partial charge in [-0.3, -0.25) is 4.79 Å². The molecular formula is C17H17ClFNO3. The predicted molar refractivity (Wildman–Crippen MR) is 86.8 cm³/mol. The van der Waals surface area contributed by atoms with Crippen molar-refractivity contribution < 1.29 is 18.7 Å². The largest absolute Gasteiger partial charge is 0.496 e. The van der Waals surface area contributed by atoms with E-state index in [1.807, 2.05) is 0 Å². The van der Waals surface area contributed by atoms with Crippen molar-refractivity contribution in [3.63, 3.8) is 0 Å². The highest BCUT2D eigenvalue weighted by atomic mass is 35.5. The zero-order valence-electron chi connectivity index (χ0n) is 13.0. The average molecular weight is 338 g/mol. The van der Waals surface area contributed by atoms with Crippen molar-refractivity contribution in [2.45, 2.75) is 13.0 Å². The summed E-state index contributed by atoms with van der Waals surface area (Å²) in [6, 6.07) is 8.94. The summed E-state index contributed by atoms with van der Waals surface area (Å²) in [5.41, 5.74) is 0.943. The van der Waals surface area contributed by atoms with Gasteiger partial charge in [0.1, 0.15) is 5.75 Å². The Morgan fingerprint density at radius 2 is 1.78 bits per heavy atom. The molecule has 2 rings (SSSR count). The van der Waals surface area contributed by atoms with Crippen molar-refractivity contribution in [2.24, 2.45) is 0 Å². The molecule has 2 aromatic carbocycles. The van der Waals surface area contributed by atoms with Gasteiger partial charge in [-0.2, -0.15) is 0 Å². The van der Waals surface area contributed by atoms with Crippen LogP contribution in [0.4, 0.5) is 4.39 Å². The number of amides is 1. The minimum atomic E-state index is -0.480. The number of benzene rings is 2. The van der Waals surface area contributed by atoms with Crippen LogP contribution in [0.3, 0.4) is 0 Å². The molecule has 0 saturated heterocycles. The van der Waals surface area contributed by atoms with Crippen LogP contribution in [0.5, 0.6) is 11.5 Å². The van der Waals surface area contributed by atoms with Gasteiger partial charge in [0.15, 0.2) is 11.6 Å². The number of ether oxygens (including phenoxy) is 2. The number of carbonyl (C=O) groups is 1. The minimum Gasteiger partial charge on any atom is -0.496 e. The molecule has 0 aliphatic carbocycles. The summed E-state index contributed by atoms with van der Waals surface area (Å²) in [6.45, 7) is 1.76. The molecule has 0 unspecified atom stereocenters. The molecule has 0 aliphatic rings. The summed E-state index contributed by atoms with van der Waals surface area (Å²) in [4.78, 5) is 12.4. The monoisotopic (exact) mass is 337 g/mol. The fourth-order valence-corrected chi connectivity index (χ4v) is 2.34. The van der Waals surface area contributed by atoms with Crippen LogP contribution in [-0.2, 0) is 0 Å². The zero-order valence-corrected chi connectivity index (χ0v) is 13.8. The van der Waals surface area contributed by atoms with Gasteiger partial charge >= 0.3 is 0 Å². The highest BCUT2D eigenvalue weighted by Gasteiger charge is 2.17. The zero-order chi connectivity index (χ0) is 17.0. The molecule has 0 aromatic heterocycles. The first-order valence-electron chi connectivity index (χ1n) is 6.94. The van der Waals surface area contributed by atoms with E-state index in [-0.39, 0.29) is 11.7 Å². The maximum atomic E-state index is 13.8. The molecule has 1 N–H and O–H groups in total. The molecule has 0 heterocycles. The standard InChI is InChI=1S/C17H17ClFNO3/c1-10(11-4-6-16(23-3)14(19)8-11)20-17(21)13-9-12(18)5-7-15(13)22-2/h4-10H,1-3H3,(H,20,21)/t10-/m0/s1. The number of carbonyl (C=O) groups excluding carboxylic acids is 1. The third-order valence-electron chi connectivity index (χ3n) is 3.43. The maximum Gasteiger partial charge on any atom is 0.255 e. The molecule has 0 radical (unpaired) electrons. The lowest BCUT2D eigenvalue weighted by Crippen LogP contribution is -2.27. The molecule has 0 saturated carbocycles. The summed E-state index contributed by atoms with van der Waals surface area (Å²) in [6.07, 6.45) is 0. The SMILES string of the molecule is COc1ccc([C@H](C)NC(=O)c2cc(Cl)ccc2OC)cc1F. The molecule has 0 fully saturated rings. The van der Waals surface area contributed by atoms with E-state index in [2.05, 4.69) is 5.32 Å². The second-order valence-corrected chi connectivity index (χ2v) is 5.37. The van der Waals surface area contributed by atoms with Crippen LogP contribution in [0.2, 0.25) is 5.02 Å². The number of hydrogen-bond donors (Lipinski definition) is 1. The van der Waals surface area contributed by atoms with E-state index in [1.165, 1.54) is 32.4 Å². The van der Waals surface area contributed by atoms with Gasteiger partial charge in [0, 0.05) is 5.02 Å². The van der Waals surface area contributed by atoms with E-state index >= 15 is 0 Å². The van der Waals surface area contributed by atoms with Crippen molar-refractivity contribution >= 4 is 17.5 Å². The van der Waals surface area contributed by atoms with Crippen molar-refractivity contribution in [1.29, 1.82) is 0 Å². The van der Waals surface area contributed by atoms with E-state index in [1.54, 1.807) is 25.1 Å². The normalized spacial score (nSPS) is 11.7. The number of hydrogen-bond acceptors (Lipinski definition) is 3. The Morgan fingerprint density at radius 1 is 1.13 bits per heavy atom. The highest BCUT2D eigenvalue weighted by Crippen LogP contribution is 2.25. The first kappa shape index (κ1) is 17.1. The molecule has 1 amide bonds. The van der Waals surface area contributed by atoms with Crippen molar-refractivity contribution in [1.82, 2.24) is 5.32 Å². The van der Waals surface area contributed by atoms with Crippen molar-refractivity contribution in [2.75, 3.05) is 14.2 Å². The molecular weight excluding hydrogens is 321 g/mol. The quantitative estimate of drug-likeness (QED) is 0.897. The van der Waals surface area contributed by atoms with Gasteiger partial charge in [0.05, 0.1) is 25.8 Å². The van der Waals surface area contributed by atoms with E-state index in [9.17, 15) is 9.18 Å². The van der Waals surface area contributed by atoms with Crippen LogP contribution in [0.1, 0.15) is 28.9 Å². The molecule has 0 bridgehead atoms. The summed E-state index contributed by atoms with van der Waals surface area (Å²) < 4.78 is 23.8. The second kappa shape index (κ2) is 7.33. The van der Waals surface area contributed by atoms with Crippen molar-refractivity contribution in [3.8, 4) is 11.5 Å². The van der Waals surface area contributed by atoms with Gasteiger partial charge in [-0.25, -0.2) is 4.39 Å². The fraction of sp³-hybridized carbons (Fsp3) is 0.235. The van der Waals surface area contributed by atoms with E-state index in [4.69, 9.17) is 21.1 Å². The van der Waals surface area contributed by atoms with Crippen molar-refractivity contribution in [3.05, 3.63) is 58.4 Å². The van der Waals surface area contributed by atoms with Crippen LogP contribution in [0.25, 0.3) is 0 Å². The van der Waals surface area contributed by atoms with Gasteiger partial charge in [0.25, 0.3) is 5.91 Å². The Morgan fingerprint density at radius 3 is 2.39 bits per heavy atom. The Balaban J connectivity index is 2.20. The van der Waals surface area contributed by atoms with Crippen LogP contribution in [0, 0.1) is 5.82 Å². The smallest absolute Gasteiger partial charge is 0.255 e. The lowest BCUT2D eigenvalue weighted by atomic mass is 10.1. The summed E-state index contributed by atoms with van der Waals surface area (Å²) >= 11 is 5.93. The van der Waals surface area contributed by atoms with Gasteiger partial charge < -0.3 is 14.8 Å². The molecule has 23 heavy (non-hydrogen) atoms. The fourth-order valence-electron chi connectivity index (χ4n) is 2.17. The van der Waals surface area contributed by atoms with E-state index < -0.39 is 11.9 Å². The highest BCUT2D eigenvalue weighted by molar-refractivity contribution is 6.31. The van der Waals surface area contributed by atoms with E-state index in [0.717, 1.165) is 0 Å². The lowest BCUT2D eigenvalue weighted by Gasteiger charge is -2.16. The van der Waals surface area contributed by atoms with Gasteiger partial charge in [-0.15, -0.1) is 0 Å². The van der Waals surface area contributed by atoms with Crippen LogP contribution < -0.4 is 14.8 Å². The minimum absolute atomic E-state index is 0.156. The third-order valence-corrected chi connectivity index (χ3v) is 3.66. The topological polar surface area (TPSA) is 47.6 Å². The Bertz CT molecular complexity index is 721. The first-order valence-corrected chi connectivity index (χ1v) is 7.32. The number of nitrogens with one attached hydrogen (secondary N) is 1. The Kier molecular flexibility index (Phi) is 5.45. The van der Waals surface area contributed by atoms with Gasteiger partial charge in [-0.05, 0) is 42.8 Å². The van der Waals surface area contributed by atoms with Crippen LogP contribution in [-0.4, -0.2) is 20.1 Å². The number of halogens is 2. The van der Waals surface area contributed by atoms with Crippen LogP contribution in [0.15, 0.2) is 36.4 Å². The molecule has 4 nitrogen and oxygen atoms in total. The van der Waals surface area contributed by atoms with Gasteiger partial charge in [-0.1, -0.05) is 17.7 Å². The Hall–Kier alpha value is -2.27. The van der Waals surface area contributed by atoms with Gasteiger partial charge in [0.2, 0.25) is 0 Å². The third kappa shape index (κ3) is 3.93. The molecule has 2 aromatic rings. The molecule has 6 heteroatoms. The summed E-state index contributed by atoms with van der Waals surface area (Å²) in [5.74, 6) is -0.261. The molecule has 122 valence electrons. The lowest BCUT2D eigenvalue weighted by molar-refractivity contribution is 0.0936. The molecule has 0 spiro atoms. The maximum absolute atomic E-state index is 13.8. The molecule has 1 atom stereocenters.